The summed E-state index contributed by atoms with van der Waals surface area (Å²) in [5.41, 5.74) is 1.10. The molecule has 0 atom stereocenters. The van der Waals surface area contributed by atoms with Gasteiger partial charge in [-0.05, 0) is 0 Å². The van der Waals surface area contributed by atoms with Crippen molar-refractivity contribution in [3.8, 4) is 11.4 Å². The SMILES string of the molecule is c1ccc(-c2nsc(N3CC[NH2+]CC3)n2)cc1. The maximum absolute atomic E-state index is 4.62. The molecule has 1 aliphatic rings. The van der Waals surface area contributed by atoms with E-state index in [0.717, 1.165) is 42.7 Å². The van der Waals surface area contributed by atoms with Gasteiger partial charge in [-0.2, -0.15) is 9.36 Å². The van der Waals surface area contributed by atoms with Gasteiger partial charge in [-0.3, -0.25) is 0 Å². The lowest BCUT2D eigenvalue weighted by atomic mass is 10.2. The molecule has 0 unspecified atom stereocenters. The van der Waals surface area contributed by atoms with Gasteiger partial charge in [-0.25, -0.2) is 0 Å². The highest BCUT2D eigenvalue weighted by atomic mass is 32.1. The van der Waals surface area contributed by atoms with E-state index in [1.54, 1.807) is 0 Å². The summed E-state index contributed by atoms with van der Waals surface area (Å²) in [5, 5.41) is 3.40. The van der Waals surface area contributed by atoms with Crippen LogP contribution in [0.5, 0.6) is 0 Å². The molecule has 4 nitrogen and oxygen atoms in total. The third-order valence-corrected chi connectivity index (χ3v) is 3.70. The number of nitrogens with zero attached hydrogens (tertiary/aromatic N) is 3. The van der Waals surface area contributed by atoms with Crippen LogP contribution in [0.2, 0.25) is 0 Å². The van der Waals surface area contributed by atoms with Gasteiger partial charge < -0.3 is 10.2 Å². The van der Waals surface area contributed by atoms with Crippen molar-refractivity contribution >= 4 is 16.7 Å². The highest BCUT2D eigenvalue weighted by Crippen LogP contribution is 2.23. The lowest BCUT2D eigenvalue weighted by Crippen LogP contribution is -2.89. The van der Waals surface area contributed by atoms with Gasteiger partial charge in [-0.1, -0.05) is 30.3 Å². The number of anilines is 1. The Balaban J connectivity index is 1.83. The second-order valence-electron chi connectivity index (χ2n) is 4.12. The van der Waals surface area contributed by atoms with Crippen molar-refractivity contribution in [2.24, 2.45) is 0 Å². The Hall–Kier alpha value is -1.46. The van der Waals surface area contributed by atoms with Crippen LogP contribution in [0.25, 0.3) is 11.4 Å². The van der Waals surface area contributed by atoms with Crippen LogP contribution in [0, 0.1) is 0 Å². The average Bonchev–Trinajstić information content (AvgIpc) is 2.90. The molecule has 1 aliphatic heterocycles. The van der Waals surface area contributed by atoms with E-state index in [4.69, 9.17) is 0 Å². The summed E-state index contributed by atoms with van der Waals surface area (Å²) in [6, 6.07) is 10.2. The zero-order valence-electron chi connectivity index (χ0n) is 9.54. The Bertz CT molecular complexity index is 476. The lowest BCUT2D eigenvalue weighted by molar-refractivity contribution is -0.655. The quantitative estimate of drug-likeness (QED) is 0.845. The fourth-order valence-electron chi connectivity index (χ4n) is 1.99. The fraction of sp³-hybridized carbons (Fsp3) is 0.333. The molecule has 88 valence electrons. The molecule has 2 aromatic rings. The Morgan fingerprint density at radius 3 is 2.65 bits per heavy atom. The van der Waals surface area contributed by atoms with Crippen LogP contribution in [0.15, 0.2) is 30.3 Å². The molecule has 0 aliphatic carbocycles. The first-order valence-electron chi connectivity index (χ1n) is 5.89. The summed E-state index contributed by atoms with van der Waals surface area (Å²) >= 11 is 1.50. The molecule has 2 heterocycles. The van der Waals surface area contributed by atoms with Gasteiger partial charge in [0.15, 0.2) is 5.82 Å². The van der Waals surface area contributed by atoms with Crippen molar-refractivity contribution in [1.29, 1.82) is 0 Å². The summed E-state index contributed by atoms with van der Waals surface area (Å²) in [6.45, 7) is 4.45. The Morgan fingerprint density at radius 2 is 1.88 bits per heavy atom. The zero-order chi connectivity index (χ0) is 11.5. The average molecular weight is 247 g/mol. The minimum atomic E-state index is 0.847. The van der Waals surface area contributed by atoms with E-state index in [2.05, 4.69) is 31.7 Å². The Kier molecular flexibility index (Phi) is 3.02. The number of quaternary nitrogens is 1. The molecule has 1 aromatic heterocycles. The van der Waals surface area contributed by atoms with Crippen LogP contribution in [0.1, 0.15) is 0 Å². The van der Waals surface area contributed by atoms with Crippen molar-refractivity contribution in [2.75, 3.05) is 31.1 Å². The fourth-order valence-corrected chi connectivity index (χ4v) is 2.73. The molecule has 0 saturated carbocycles. The molecule has 1 aromatic carbocycles. The first-order valence-corrected chi connectivity index (χ1v) is 6.66. The van der Waals surface area contributed by atoms with Crippen molar-refractivity contribution in [1.82, 2.24) is 9.36 Å². The predicted octanol–water partition coefficient (Wildman–Crippen LogP) is 0.588. The maximum Gasteiger partial charge on any atom is 0.205 e. The van der Waals surface area contributed by atoms with Crippen LogP contribution < -0.4 is 10.2 Å². The van der Waals surface area contributed by atoms with Crippen molar-refractivity contribution < 1.29 is 5.32 Å². The summed E-state index contributed by atoms with van der Waals surface area (Å²) in [4.78, 5) is 6.95. The smallest absolute Gasteiger partial charge is 0.205 e. The second-order valence-corrected chi connectivity index (χ2v) is 4.85. The number of nitrogens with two attached hydrogens (primary N) is 1. The van der Waals surface area contributed by atoms with Crippen molar-refractivity contribution in [3.05, 3.63) is 30.3 Å². The normalized spacial score (nSPS) is 16.1. The molecule has 5 heteroatoms. The highest BCUT2D eigenvalue weighted by Gasteiger charge is 2.17. The molecule has 1 saturated heterocycles. The Morgan fingerprint density at radius 1 is 1.12 bits per heavy atom. The predicted molar refractivity (Wildman–Crippen MR) is 69.2 cm³/mol. The monoisotopic (exact) mass is 247 g/mol. The second kappa shape index (κ2) is 4.81. The van der Waals surface area contributed by atoms with Gasteiger partial charge in [0, 0.05) is 17.1 Å². The van der Waals surface area contributed by atoms with Crippen molar-refractivity contribution in [3.63, 3.8) is 0 Å². The molecule has 0 amide bonds. The largest absolute Gasteiger partial charge is 0.343 e. The Labute approximate surface area is 104 Å². The number of piperazine rings is 1. The summed E-state index contributed by atoms with van der Waals surface area (Å²) in [5.74, 6) is 0.847. The van der Waals surface area contributed by atoms with E-state index in [1.165, 1.54) is 11.5 Å². The van der Waals surface area contributed by atoms with E-state index >= 15 is 0 Å². The minimum Gasteiger partial charge on any atom is -0.343 e. The highest BCUT2D eigenvalue weighted by molar-refractivity contribution is 7.09. The van der Waals surface area contributed by atoms with Crippen LogP contribution in [-0.2, 0) is 0 Å². The molecular weight excluding hydrogens is 232 g/mol. The van der Waals surface area contributed by atoms with Crippen LogP contribution in [0.3, 0.4) is 0 Å². The van der Waals surface area contributed by atoms with Crippen molar-refractivity contribution in [2.45, 2.75) is 0 Å². The van der Waals surface area contributed by atoms with Gasteiger partial charge in [-0.15, -0.1) is 0 Å². The number of rotatable bonds is 2. The van der Waals surface area contributed by atoms with Gasteiger partial charge in [0.1, 0.15) is 0 Å². The minimum absolute atomic E-state index is 0.847. The van der Waals surface area contributed by atoms with Gasteiger partial charge in [0.05, 0.1) is 26.2 Å². The molecular formula is C12H15N4S+. The topological polar surface area (TPSA) is 45.6 Å². The van der Waals surface area contributed by atoms with Crippen LogP contribution in [-0.4, -0.2) is 35.5 Å². The molecule has 3 rings (SSSR count). The van der Waals surface area contributed by atoms with E-state index < -0.39 is 0 Å². The lowest BCUT2D eigenvalue weighted by Gasteiger charge is -2.23. The third kappa shape index (κ3) is 2.30. The van der Waals surface area contributed by atoms with E-state index in [0.29, 0.717) is 0 Å². The maximum atomic E-state index is 4.62. The van der Waals surface area contributed by atoms with E-state index in [-0.39, 0.29) is 0 Å². The van der Waals surface area contributed by atoms with E-state index in [1.807, 2.05) is 18.2 Å². The van der Waals surface area contributed by atoms with Crippen LogP contribution in [0.4, 0.5) is 5.13 Å². The number of benzene rings is 1. The standard InChI is InChI=1S/C12H14N4S/c1-2-4-10(5-3-1)11-14-12(17-15-11)16-8-6-13-7-9-16/h1-5,13H,6-9H2/p+1. The number of hydrogen-bond acceptors (Lipinski definition) is 4. The molecule has 0 bridgehead atoms. The zero-order valence-corrected chi connectivity index (χ0v) is 10.4. The first-order chi connectivity index (χ1) is 8.43. The van der Waals surface area contributed by atoms with Crippen LogP contribution >= 0.6 is 11.5 Å². The van der Waals surface area contributed by atoms with Gasteiger partial charge in [0.2, 0.25) is 5.13 Å². The van der Waals surface area contributed by atoms with E-state index in [9.17, 15) is 0 Å². The molecule has 2 N–H and O–H groups in total. The molecule has 1 fully saturated rings. The molecule has 0 spiro atoms. The number of hydrogen-bond donors (Lipinski definition) is 1. The first kappa shape index (κ1) is 10.7. The number of aromatic nitrogens is 2. The summed E-state index contributed by atoms with van der Waals surface area (Å²) < 4.78 is 4.44. The summed E-state index contributed by atoms with van der Waals surface area (Å²) in [6.07, 6.45) is 0. The third-order valence-electron chi connectivity index (χ3n) is 2.92. The molecule has 0 radical (unpaired) electrons. The molecule has 17 heavy (non-hydrogen) atoms. The van der Waals surface area contributed by atoms with Gasteiger partial charge >= 0.3 is 0 Å². The van der Waals surface area contributed by atoms with Gasteiger partial charge in [0.25, 0.3) is 0 Å². The summed E-state index contributed by atoms with van der Waals surface area (Å²) in [7, 11) is 0.